The van der Waals surface area contributed by atoms with Crippen molar-refractivity contribution in [2.75, 3.05) is 0 Å². The van der Waals surface area contributed by atoms with Crippen LogP contribution in [0.3, 0.4) is 0 Å². The van der Waals surface area contributed by atoms with Crippen LogP contribution >= 0.6 is 0 Å². The summed E-state index contributed by atoms with van der Waals surface area (Å²) in [5.74, 6) is 2.37. The summed E-state index contributed by atoms with van der Waals surface area (Å²) in [6.07, 6.45) is 10.9. The maximum absolute atomic E-state index is 12.2. The molecule has 3 nitrogen and oxygen atoms in total. The number of nitrogens with two attached hydrogens (primary N) is 1. The van der Waals surface area contributed by atoms with Gasteiger partial charge in [0, 0.05) is 17.4 Å². The van der Waals surface area contributed by atoms with Crippen LogP contribution in [0.5, 0.6) is 0 Å². The first-order valence-electron chi connectivity index (χ1n) is 9.91. The normalized spacial score (nSPS) is 56.3. The van der Waals surface area contributed by atoms with Crippen LogP contribution in [0.15, 0.2) is 12.2 Å². The van der Waals surface area contributed by atoms with E-state index >= 15 is 0 Å². The maximum Gasteiger partial charge on any atom is 0.137 e. The molecular weight excluding hydrogens is 298 g/mol. The van der Waals surface area contributed by atoms with Gasteiger partial charge in [-0.3, -0.25) is 4.79 Å². The van der Waals surface area contributed by atoms with E-state index in [2.05, 4.69) is 26.0 Å². The smallest absolute Gasteiger partial charge is 0.137 e. The van der Waals surface area contributed by atoms with Crippen LogP contribution in [0, 0.1) is 40.4 Å². The third kappa shape index (κ3) is 2.07. The van der Waals surface area contributed by atoms with Gasteiger partial charge in [0.2, 0.25) is 0 Å². The number of Topliss-reactive ketones (excluding diaryl/α,β-unsaturated/α-hetero) is 1. The van der Waals surface area contributed by atoms with E-state index in [1.807, 2.05) is 0 Å². The molecule has 9 unspecified atom stereocenters. The van der Waals surface area contributed by atoms with Crippen LogP contribution in [-0.2, 0) is 4.79 Å². The van der Waals surface area contributed by atoms with Crippen molar-refractivity contribution in [1.29, 1.82) is 0 Å². The number of rotatable bonds is 1. The molecule has 0 bridgehead atoms. The summed E-state index contributed by atoms with van der Waals surface area (Å²) < 4.78 is 0. The zero-order valence-corrected chi connectivity index (χ0v) is 15.4. The standard InChI is InChI=1S/C21H33NO2/c1-12(23)16-6-7-17-15-5-4-13-10-14(22)8-9-20(13,2)18(15)11-19(24)21(16,17)3/h6-7,13-19,24H,4-5,8-11,22H2,1-3H3. The van der Waals surface area contributed by atoms with E-state index < -0.39 is 0 Å². The van der Waals surface area contributed by atoms with E-state index in [-0.39, 0.29) is 23.2 Å². The van der Waals surface area contributed by atoms with E-state index in [9.17, 15) is 9.90 Å². The number of aliphatic hydroxyl groups is 1. The quantitative estimate of drug-likeness (QED) is 0.725. The summed E-state index contributed by atoms with van der Waals surface area (Å²) in [4.78, 5) is 12.2. The topological polar surface area (TPSA) is 63.3 Å². The number of ketones is 1. The van der Waals surface area contributed by atoms with Crippen LogP contribution in [0.25, 0.3) is 0 Å². The molecule has 3 heteroatoms. The molecule has 9 atom stereocenters. The second kappa shape index (κ2) is 5.41. The molecule has 4 aliphatic carbocycles. The Morgan fingerprint density at radius 2 is 1.92 bits per heavy atom. The lowest BCUT2D eigenvalue weighted by Crippen LogP contribution is -2.59. The monoisotopic (exact) mass is 331 g/mol. The van der Waals surface area contributed by atoms with E-state index in [0.29, 0.717) is 35.1 Å². The highest BCUT2D eigenvalue weighted by Crippen LogP contribution is 2.65. The van der Waals surface area contributed by atoms with Gasteiger partial charge in [0.1, 0.15) is 5.78 Å². The lowest BCUT2D eigenvalue weighted by atomic mass is 9.43. The first-order valence-corrected chi connectivity index (χ1v) is 9.91. The minimum Gasteiger partial charge on any atom is -0.392 e. The Hall–Kier alpha value is -0.670. The zero-order chi connectivity index (χ0) is 17.3. The maximum atomic E-state index is 12.2. The molecular formula is C21H33NO2. The highest BCUT2D eigenvalue weighted by molar-refractivity contribution is 5.82. The highest BCUT2D eigenvalue weighted by atomic mass is 16.3. The summed E-state index contributed by atoms with van der Waals surface area (Å²) in [6.45, 7) is 6.31. The fourth-order valence-corrected chi connectivity index (χ4v) is 7.30. The van der Waals surface area contributed by atoms with Crippen molar-refractivity contribution in [1.82, 2.24) is 0 Å². The average molecular weight is 332 g/mol. The Bertz CT molecular complexity index is 572. The van der Waals surface area contributed by atoms with Crippen molar-refractivity contribution in [3.8, 4) is 0 Å². The second-order valence-electron chi connectivity index (χ2n) is 9.70. The fraction of sp³-hybridized carbons (Fsp3) is 0.857. The number of carbonyl (C=O) groups excluding carboxylic acids is 1. The molecule has 3 N–H and O–H groups in total. The molecule has 0 radical (unpaired) electrons. The van der Waals surface area contributed by atoms with Crippen LogP contribution < -0.4 is 5.73 Å². The second-order valence-corrected chi connectivity index (χ2v) is 9.70. The number of aliphatic hydroxyl groups excluding tert-OH is 1. The largest absolute Gasteiger partial charge is 0.392 e. The Morgan fingerprint density at radius 3 is 2.62 bits per heavy atom. The molecule has 0 heterocycles. The summed E-state index contributed by atoms with van der Waals surface area (Å²) in [5.41, 5.74) is 6.29. The van der Waals surface area contributed by atoms with Gasteiger partial charge in [0.05, 0.1) is 6.10 Å². The van der Waals surface area contributed by atoms with E-state index in [1.54, 1.807) is 6.92 Å². The van der Waals surface area contributed by atoms with Gasteiger partial charge in [-0.25, -0.2) is 0 Å². The third-order valence-electron chi connectivity index (χ3n) is 8.78. The number of fused-ring (bicyclic) bond motifs is 5. The molecule has 134 valence electrons. The molecule has 0 aliphatic heterocycles. The molecule has 3 saturated carbocycles. The first kappa shape index (κ1) is 16.8. The van der Waals surface area contributed by atoms with Gasteiger partial charge in [-0.05, 0) is 74.5 Å². The van der Waals surface area contributed by atoms with Crippen molar-refractivity contribution in [3.05, 3.63) is 12.2 Å². The van der Waals surface area contributed by atoms with Gasteiger partial charge in [-0.2, -0.15) is 0 Å². The number of hydrogen-bond donors (Lipinski definition) is 2. The minimum absolute atomic E-state index is 0.108. The zero-order valence-electron chi connectivity index (χ0n) is 15.4. The molecule has 0 amide bonds. The fourth-order valence-electron chi connectivity index (χ4n) is 7.30. The highest BCUT2D eigenvalue weighted by Gasteiger charge is 2.62. The molecule has 24 heavy (non-hydrogen) atoms. The van der Waals surface area contributed by atoms with Crippen molar-refractivity contribution < 1.29 is 9.90 Å². The van der Waals surface area contributed by atoms with Gasteiger partial charge in [0.25, 0.3) is 0 Å². The van der Waals surface area contributed by atoms with Crippen LogP contribution in [0.2, 0.25) is 0 Å². The van der Waals surface area contributed by atoms with E-state index in [1.165, 1.54) is 19.3 Å². The predicted molar refractivity (Wildman–Crippen MR) is 95.2 cm³/mol. The summed E-state index contributed by atoms with van der Waals surface area (Å²) in [5, 5.41) is 11.1. The van der Waals surface area contributed by atoms with Crippen molar-refractivity contribution in [2.24, 2.45) is 46.2 Å². The van der Waals surface area contributed by atoms with Crippen LogP contribution in [0.4, 0.5) is 0 Å². The molecule has 0 aromatic carbocycles. The van der Waals surface area contributed by atoms with Crippen molar-refractivity contribution >= 4 is 5.78 Å². The Kier molecular flexibility index (Phi) is 3.78. The lowest BCUT2D eigenvalue weighted by molar-refractivity contribution is -0.163. The van der Waals surface area contributed by atoms with Gasteiger partial charge in [-0.15, -0.1) is 0 Å². The van der Waals surface area contributed by atoms with Gasteiger partial charge >= 0.3 is 0 Å². The van der Waals surface area contributed by atoms with Gasteiger partial charge < -0.3 is 10.8 Å². The SMILES string of the molecule is CC(=O)C1C=CC2C3CCC4CC(N)CCC4(C)C3CC(O)C12C. The Morgan fingerprint density at radius 1 is 1.17 bits per heavy atom. The van der Waals surface area contributed by atoms with Crippen LogP contribution in [-0.4, -0.2) is 23.0 Å². The number of hydrogen-bond acceptors (Lipinski definition) is 3. The average Bonchev–Trinajstić information content (AvgIpc) is 2.88. The predicted octanol–water partition coefficient (Wildman–Crippen LogP) is 3.31. The first-order chi connectivity index (χ1) is 11.3. The molecule has 0 aromatic rings. The summed E-state index contributed by atoms with van der Waals surface area (Å²) in [7, 11) is 0. The lowest BCUT2D eigenvalue weighted by Gasteiger charge is -2.62. The molecule has 0 aromatic heterocycles. The van der Waals surface area contributed by atoms with E-state index in [4.69, 9.17) is 5.73 Å². The van der Waals surface area contributed by atoms with Crippen molar-refractivity contribution in [2.45, 2.75) is 71.4 Å². The number of carbonyl (C=O) groups is 1. The van der Waals surface area contributed by atoms with Crippen molar-refractivity contribution in [3.63, 3.8) is 0 Å². The van der Waals surface area contributed by atoms with Gasteiger partial charge in [0.15, 0.2) is 0 Å². The molecule has 4 rings (SSSR count). The Balaban J connectivity index is 1.68. The molecule has 4 aliphatic rings. The summed E-state index contributed by atoms with van der Waals surface area (Å²) >= 11 is 0. The molecule has 3 fully saturated rings. The van der Waals surface area contributed by atoms with E-state index in [0.717, 1.165) is 19.3 Å². The van der Waals surface area contributed by atoms with Crippen LogP contribution in [0.1, 0.15) is 59.3 Å². The molecule has 0 saturated heterocycles. The minimum atomic E-state index is -0.376. The van der Waals surface area contributed by atoms with Gasteiger partial charge in [-0.1, -0.05) is 26.0 Å². The Labute approximate surface area is 146 Å². The number of allylic oxidation sites excluding steroid dienone is 2. The summed E-state index contributed by atoms with van der Waals surface area (Å²) in [6, 6.07) is 0.367. The molecule has 0 spiro atoms. The third-order valence-corrected chi connectivity index (χ3v) is 8.78.